The van der Waals surface area contributed by atoms with Crippen molar-refractivity contribution in [3.63, 3.8) is 0 Å². The summed E-state index contributed by atoms with van der Waals surface area (Å²) in [5.74, 6) is -0.567. The maximum atomic E-state index is 11.5. The number of carbonyl (C=O) groups excluding carboxylic acids is 1. The average molecular weight is 337 g/mol. The van der Waals surface area contributed by atoms with Crippen LogP contribution >= 0.6 is 0 Å². The molecular formula is C18H15N3O4. The van der Waals surface area contributed by atoms with Gasteiger partial charge in [0, 0.05) is 18.8 Å². The highest BCUT2D eigenvalue weighted by Gasteiger charge is 2.19. The molecule has 0 radical (unpaired) electrons. The molecule has 0 unspecified atom stereocenters. The average Bonchev–Trinajstić information content (AvgIpc) is 2.65. The lowest BCUT2D eigenvalue weighted by molar-refractivity contribution is -0.384. The van der Waals surface area contributed by atoms with Gasteiger partial charge in [-0.15, -0.1) is 0 Å². The van der Waals surface area contributed by atoms with Crippen molar-refractivity contribution in [1.82, 2.24) is 4.98 Å². The third kappa shape index (κ3) is 3.55. The number of nitrogens with one attached hydrogen (secondary N) is 1. The van der Waals surface area contributed by atoms with Crippen molar-refractivity contribution in [2.75, 3.05) is 12.4 Å². The zero-order valence-corrected chi connectivity index (χ0v) is 13.4. The summed E-state index contributed by atoms with van der Waals surface area (Å²) < 4.78 is 4.56. The number of anilines is 1. The molecule has 3 rings (SSSR count). The van der Waals surface area contributed by atoms with Crippen LogP contribution in [-0.2, 0) is 11.3 Å². The van der Waals surface area contributed by atoms with Crippen molar-refractivity contribution in [3.05, 3.63) is 76.0 Å². The molecular weight excluding hydrogens is 322 g/mol. The minimum absolute atomic E-state index is 0.0328. The van der Waals surface area contributed by atoms with E-state index in [1.165, 1.54) is 13.3 Å². The van der Waals surface area contributed by atoms with Crippen molar-refractivity contribution in [1.29, 1.82) is 0 Å². The molecule has 0 aliphatic rings. The number of carbonyl (C=O) groups is 1. The van der Waals surface area contributed by atoms with Gasteiger partial charge < -0.3 is 10.1 Å². The SMILES string of the molecule is COC(=O)c1cnc(NCc2ccc3ccccc3c2)c([N+](=O)[O-])c1. The van der Waals surface area contributed by atoms with E-state index < -0.39 is 10.9 Å². The molecule has 0 saturated carbocycles. The van der Waals surface area contributed by atoms with Crippen molar-refractivity contribution in [2.45, 2.75) is 6.54 Å². The van der Waals surface area contributed by atoms with E-state index in [1.54, 1.807) is 0 Å². The van der Waals surface area contributed by atoms with E-state index >= 15 is 0 Å². The van der Waals surface area contributed by atoms with Crippen molar-refractivity contribution >= 4 is 28.2 Å². The number of nitro groups is 1. The molecule has 0 aliphatic carbocycles. The fourth-order valence-corrected chi connectivity index (χ4v) is 2.49. The van der Waals surface area contributed by atoms with E-state index in [0.717, 1.165) is 22.4 Å². The third-order valence-electron chi connectivity index (χ3n) is 3.76. The Morgan fingerprint density at radius 1 is 1.20 bits per heavy atom. The highest BCUT2D eigenvalue weighted by Crippen LogP contribution is 2.24. The van der Waals surface area contributed by atoms with Gasteiger partial charge in [-0.05, 0) is 22.4 Å². The molecule has 0 fully saturated rings. The molecule has 0 atom stereocenters. The van der Waals surface area contributed by atoms with Gasteiger partial charge in [0.25, 0.3) is 0 Å². The van der Waals surface area contributed by atoms with Crippen LogP contribution < -0.4 is 5.32 Å². The largest absolute Gasteiger partial charge is 0.465 e. The number of hydrogen-bond donors (Lipinski definition) is 1. The number of benzene rings is 2. The van der Waals surface area contributed by atoms with E-state index in [4.69, 9.17) is 0 Å². The van der Waals surface area contributed by atoms with Gasteiger partial charge in [-0.25, -0.2) is 9.78 Å². The number of hydrogen-bond acceptors (Lipinski definition) is 6. The molecule has 0 bridgehead atoms. The van der Waals surface area contributed by atoms with E-state index in [2.05, 4.69) is 15.0 Å². The third-order valence-corrected chi connectivity index (χ3v) is 3.76. The fourth-order valence-electron chi connectivity index (χ4n) is 2.49. The first-order valence-electron chi connectivity index (χ1n) is 7.53. The quantitative estimate of drug-likeness (QED) is 0.435. The van der Waals surface area contributed by atoms with Crippen molar-refractivity contribution in [2.24, 2.45) is 0 Å². The Morgan fingerprint density at radius 3 is 2.68 bits per heavy atom. The summed E-state index contributed by atoms with van der Waals surface area (Å²) >= 11 is 0. The van der Waals surface area contributed by atoms with Gasteiger partial charge in [-0.3, -0.25) is 10.1 Å². The Labute approximate surface area is 143 Å². The summed E-state index contributed by atoms with van der Waals surface area (Å²) in [5.41, 5.74) is 0.723. The second-order valence-electron chi connectivity index (χ2n) is 5.38. The molecule has 1 N–H and O–H groups in total. The number of ether oxygens (including phenoxy) is 1. The molecule has 0 amide bonds. The number of nitrogens with zero attached hydrogens (tertiary/aromatic N) is 2. The molecule has 126 valence electrons. The molecule has 0 saturated heterocycles. The highest BCUT2D eigenvalue weighted by molar-refractivity contribution is 5.90. The molecule has 1 heterocycles. The summed E-state index contributed by atoms with van der Waals surface area (Å²) in [6.07, 6.45) is 1.25. The molecule has 25 heavy (non-hydrogen) atoms. The number of esters is 1. The Kier molecular flexibility index (Phi) is 4.56. The lowest BCUT2D eigenvalue weighted by atomic mass is 10.1. The smallest absolute Gasteiger partial charge is 0.339 e. The van der Waals surface area contributed by atoms with E-state index in [-0.39, 0.29) is 17.1 Å². The van der Waals surface area contributed by atoms with Crippen LogP contribution in [0.1, 0.15) is 15.9 Å². The highest BCUT2D eigenvalue weighted by atomic mass is 16.6. The Balaban J connectivity index is 1.83. The number of aromatic nitrogens is 1. The second-order valence-corrected chi connectivity index (χ2v) is 5.38. The zero-order valence-electron chi connectivity index (χ0n) is 13.4. The molecule has 2 aromatic carbocycles. The van der Waals surface area contributed by atoms with Gasteiger partial charge in [-0.2, -0.15) is 0 Å². The van der Waals surface area contributed by atoms with Gasteiger partial charge in [-0.1, -0.05) is 36.4 Å². The van der Waals surface area contributed by atoms with Gasteiger partial charge in [0.05, 0.1) is 17.6 Å². The minimum atomic E-state index is -0.670. The van der Waals surface area contributed by atoms with Gasteiger partial charge in [0.15, 0.2) is 0 Å². The first kappa shape index (κ1) is 16.4. The topological polar surface area (TPSA) is 94.4 Å². The van der Waals surface area contributed by atoms with Gasteiger partial charge in [0.1, 0.15) is 0 Å². The van der Waals surface area contributed by atoms with Crippen LogP contribution in [0.5, 0.6) is 0 Å². The van der Waals surface area contributed by atoms with Crippen LogP contribution in [0.4, 0.5) is 11.5 Å². The first-order valence-corrected chi connectivity index (χ1v) is 7.53. The van der Waals surface area contributed by atoms with Crippen LogP contribution in [0.25, 0.3) is 10.8 Å². The van der Waals surface area contributed by atoms with Gasteiger partial charge in [0.2, 0.25) is 5.82 Å². The Bertz CT molecular complexity index is 956. The number of methoxy groups -OCH3 is 1. The van der Waals surface area contributed by atoms with E-state index in [1.807, 2.05) is 42.5 Å². The van der Waals surface area contributed by atoms with Crippen molar-refractivity contribution < 1.29 is 14.5 Å². The first-order chi connectivity index (χ1) is 12.1. The molecule has 0 aliphatic heterocycles. The molecule has 7 nitrogen and oxygen atoms in total. The predicted molar refractivity (Wildman–Crippen MR) is 93.5 cm³/mol. The molecule has 3 aromatic rings. The Morgan fingerprint density at radius 2 is 1.96 bits per heavy atom. The van der Waals surface area contributed by atoms with E-state index in [0.29, 0.717) is 6.54 Å². The molecule has 0 spiro atoms. The normalized spacial score (nSPS) is 10.4. The standard InChI is InChI=1S/C18H15N3O4/c1-25-18(22)15-9-16(21(23)24)17(20-11-15)19-10-12-6-7-13-4-2-3-5-14(13)8-12/h2-9,11H,10H2,1H3,(H,19,20). The zero-order chi connectivity index (χ0) is 17.8. The van der Waals surface area contributed by atoms with Crippen LogP contribution in [0.15, 0.2) is 54.7 Å². The number of pyridine rings is 1. The van der Waals surface area contributed by atoms with Crippen molar-refractivity contribution in [3.8, 4) is 0 Å². The lowest BCUT2D eigenvalue weighted by Gasteiger charge is -2.08. The summed E-state index contributed by atoms with van der Waals surface area (Å²) in [7, 11) is 1.21. The van der Waals surface area contributed by atoms with Crippen LogP contribution in [0, 0.1) is 10.1 Å². The summed E-state index contributed by atoms with van der Waals surface area (Å²) in [6, 6.07) is 15.1. The number of rotatable bonds is 5. The predicted octanol–water partition coefficient (Wildman–Crippen LogP) is 3.54. The Hall–Kier alpha value is -3.48. The van der Waals surface area contributed by atoms with Crippen LogP contribution in [0.3, 0.4) is 0 Å². The van der Waals surface area contributed by atoms with E-state index in [9.17, 15) is 14.9 Å². The summed E-state index contributed by atoms with van der Waals surface area (Å²) in [6.45, 7) is 0.371. The monoisotopic (exact) mass is 337 g/mol. The summed E-state index contributed by atoms with van der Waals surface area (Å²) in [5, 5.41) is 16.4. The lowest BCUT2D eigenvalue weighted by Crippen LogP contribution is -2.08. The second kappa shape index (κ2) is 6.96. The van der Waals surface area contributed by atoms with Crippen LogP contribution in [0.2, 0.25) is 0 Å². The molecule has 7 heteroatoms. The maximum absolute atomic E-state index is 11.5. The van der Waals surface area contributed by atoms with Crippen LogP contribution in [-0.4, -0.2) is 23.0 Å². The molecule has 1 aromatic heterocycles. The number of fused-ring (bicyclic) bond motifs is 1. The fraction of sp³-hybridized carbons (Fsp3) is 0.111. The maximum Gasteiger partial charge on any atom is 0.339 e. The summed E-state index contributed by atoms with van der Waals surface area (Å²) in [4.78, 5) is 26.2. The minimum Gasteiger partial charge on any atom is -0.465 e. The van der Waals surface area contributed by atoms with Gasteiger partial charge >= 0.3 is 11.7 Å².